The Kier molecular flexibility index (Phi) is 7.90. The molecule has 2 aromatic rings. The first-order valence-electron chi connectivity index (χ1n) is 8.66. The van der Waals surface area contributed by atoms with Gasteiger partial charge in [0.1, 0.15) is 6.54 Å². The van der Waals surface area contributed by atoms with E-state index >= 15 is 0 Å². The Hall–Kier alpha value is -3.68. The Labute approximate surface area is 167 Å². The van der Waals surface area contributed by atoms with Crippen LogP contribution in [-0.4, -0.2) is 38.5 Å². The molecule has 0 radical (unpaired) electrons. The summed E-state index contributed by atoms with van der Waals surface area (Å²) in [4.78, 5) is 34.8. The summed E-state index contributed by atoms with van der Waals surface area (Å²) in [5.74, 6) is -1.61. The number of nitrogens with one attached hydrogen (secondary N) is 2. The minimum atomic E-state index is -0.526. The van der Waals surface area contributed by atoms with Crippen LogP contribution in [0.4, 0.5) is 10.1 Å². The van der Waals surface area contributed by atoms with Crippen LogP contribution in [0, 0.1) is 5.82 Å². The highest BCUT2D eigenvalue weighted by atomic mass is 19.1. The third kappa shape index (κ3) is 7.10. The molecule has 0 saturated carbocycles. The maximum atomic E-state index is 13.6. The molecular formula is C21H21FN2O5. The number of anilines is 1. The number of benzene rings is 2. The molecule has 2 aromatic carbocycles. The molecule has 0 heterocycles. The van der Waals surface area contributed by atoms with E-state index in [1.807, 2.05) is 0 Å². The molecule has 2 rings (SSSR count). The fraction of sp³-hybridized carbons (Fsp3) is 0.190. The number of carbonyl (C=O) groups is 3. The molecule has 152 valence electrons. The molecule has 2 N–H and O–H groups in total. The van der Waals surface area contributed by atoms with Crippen LogP contribution in [-0.2, 0) is 25.5 Å². The van der Waals surface area contributed by atoms with Crippen LogP contribution >= 0.6 is 0 Å². The molecule has 0 spiro atoms. The van der Waals surface area contributed by atoms with Crippen LogP contribution < -0.4 is 15.4 Å². The summed E-state index contributed by atoms with van der Waals surface area (Å²) in [5, 5.41) is 5.12. The number of ether oxygens (including phenoxy) is 2. The molecule has 7 nitrogen and oxygen atoms in total. The van der Waals surface area contributed by atoms with Gasteiger partial charge in [-0.2, -0.15) is 0 Å². The van der Waals surface area contributed by atoms with Crippen molar-refractivity contribution >= 4 is 29.5 Å². The van der Waals surface area contributed by atoms with Crippen LogP contribution in [0.5, 0.6) is 5.75 Å². The van der Waals surface area contributed by atoms with Crippen LogP contribution in [0.25, 0.3) is 6.08 Å². The monoisotopic (exact) mass is 400 g/mol. The topological polar surface area (TPSA) is 93.7 Å². The third-order valence-electron chi connectivity index (χ3n) is 3.85. The molecule has 29 heavy (non-hydrogen) atoms. The van der Waals surface area contributed by atoms with Crippen molar-refractivity contribution in [2.75, 3.05) is 26.1 Å². The number of amides is 2. The standard InChI is InChI=1S/C21H21FN2O5/c1-28-18-9-5-14(11-17(18)22)6-10-19(25)24-16-7-3-15(4-8-16)12-20(26)23-13-21(27)29-2/h3-11H,12-13H2,1-2H3,(H,23,26)(H,24,25). The zero-order valence-electron chi connectivity index (χ0n) is 16.0. The smallest absolute Gasteiger partial charge is 0.325 e. The molecule has 0 saturated heterocycles. The first kappa shape index (κ1) is 21.6. The van der Waals surface area contributed by atoms with Crippen molar-refractivity contribution in [2.45, 2.75) is 6.42 Å². The molecule has 0 aliphatic carbocycles. The summed E-state index contributed by atoms with van der Waals surface area (Å²) in [6.45, 7) is -0.187. The van der Waals surface area contributed by atoms with Crippen molar-refractivity contribution in [1.82, 2.24) is 5.32 Å². The highest BCUT2D eigenvalue weighted by molar-refractivity contribution is 6.01. The lowest BCUT2D eigenvalue weighted by Gasteiger charge is -2.06. The molecule has 0 unspecified atom stereocenters. The number of carbonyl (C=O) groups excluding carboxylic acids is 3. The summed E-state index contributed by atoms with van der Waals surface area (Å²) in [7, 11) is 2.62. The van der Waals surface area contributed by atoms with E-state index in [1.54, 1.807) is 30.3 Å². The van der Waals surface area contributed by atoms with E-state index in [9.17, 15) is 18.8 Å². The van der Waals surface area contributed by atoms with Crippen molar-refractivity contribution in [3.63, 3.8) is 0 Å². The second kappa shape index (κ2) is 10.6. The molecule has 0 aromatic heterocycles. The summed E-state index contributed by atoms with van der Waals surface area (Å²) in [6.07, 6.45) is 2.86. The largest absolute Gasteiger partial charge is 0.494 e. The highest BCUT2D eigenvalue weighted by Gasteiger charge is 2.07. The van der Waals surface area contributed by atoms with Gasteiger partial charge < -0.3 is 20.1 Å². The van der Waals surface area contributed by atoms with E-state index in [4.69, 9.17) is 4.74 Å². The normalized spacial score (nSPS) is 10.4. The zero-order valence-corrected chi connectivity index (χ0v) is 16.0. The SMILES string of the molecule is COC(=O)CNC(=O)Cc1ccc(NC(=O)C=Cc2ccc(OC)c(F)c2)cc1. The van der Waals surface area contributed by atoms with E-state index in [0.717, 1.165) is 5.56 Å². The van der Waals surface area contributed by atoms with Crippen molar-refractivity contribution in [3.05, 3.63) is 65.5 Å². The van der Waals surface area contributed by atoms with E-state index in [1.165, 1.54) is 38.5 Å². The molecule has 2 amide bonds. The Morgan fingerprint density at radius 2 is 1.79 bits per heavy atom. The lowest BCUT2D eigenvalue weighted by atomic mass is 10.1. The second-order valence-corrected chi connectivity index (χ2v) is 5.94. The Morgan fingerprint density at radius 1 is 1.07 bits per heavy atom. The quantitative estimate of drug-likeness (QED) is 0.524. The predicted octanol–water partition coefficient (Wildman–Crippen LogP) is 2.32. The van der Waals surface area contributed by atoms with Gasteiger partial charge in [-0.15, -0.1) is 0 Å². The zero-order chi connectivity index (χ0) is 21.2. The van der Waals surface area contributed by atoms with E-state index in [0.29, 0.717) is 11.3 Å². The number of methoxy groups -OCH3 is 2. The van der Waals surface area contributed by atoms with Gasteiger partial charge in [-0.25, -0.2) is 4.39 Å². The molecular weight excluding hydrogens is 379 g/mol. The summed E-state index contributed by atoms with van der Waals surface area (Å²) in [5.41, 5.74) is 1.78. The minimum Gasteiger partial charge on any atom is -0.494 e. The Morgan fingerprint density at radius 3 is 2.41 bits per heavy atom. The van der Waals surface area contributed by atoms with Crippen LogP contribution in [0.3, 0.4) is 0 Å². The summed E-state index contributed by atoms with van der Waals surface area (Å²) >= 11 is 0. The van der Waals surface area contributed by atoms with Crippen LogP contribution in [0.2, 0.25) is 0 Å². The maximum Gasteiger partial charge on any atom is 0.325 e. The number of hydrogen-bond acceptors (Lipinski definition) is 5. The maximum absolute atomic E-state index is 13.6. The Bertz CT molecular complexity index is 910. The molecule has 8 heteroatoms. The molecule has 0 bridgehead atoms. The van der Waals surface area contributed by atoms with Gasteiger partial charge in [0, 0.05) is 11.8 Å². The van der Waals surface area contributed by atoms with Gasteiger partial charge in [0.25, 0.3) is 0 Å². The molecule has 0 aliphatic rings. The lowest BCUT2D eigenvalue weighted by Crippen LogP contribution is -2.31. The minimum absolute atomic E-state index is 0.0914. The van der Waals surface area contributed by atoms with E-state index in [2.05, 4.69) is 15.4 Å². The first-order valence-corrected chi connectivity index (χ1v) is 8.66. The fourth-order valence-electron chi connectivity index (χ4n) is 2.34. The van der Waals surface area contributed by atoms with Gasteiger partial charge >= 0.3 is 5.97 Å². The van der Waals surface area contributed by atoms with E-state index < -0.39 is 11.8 Å². The number of hydrogen-bond donors (Lipinski definition) is 2. The van der Waals surface area contributed by atoms with Gasteiger partial charge in [-0.1, -0.05) is 18.2 Å². The molecule has 0 atom stereocenters. The molecule has 0 aliphatic heterocycles. The third-order valence-corrected chi connectivity index (χ3v) is 3.85. The van der Waals surface area contributed by atoms with Crippen molar-refractivity contribution in [2.24, 2.45) is 0 Å². The van der Waals surface area contributed by atoms with Crippen molar-refractivity contribution in [3.8, 4) is 5.75 Å². The summed E-state index contributed by atoms with van der Waals surface area (Å²) < 4.78 is 22.9. The van der Waals surface area contributed by atoms with Crippen LogP contribution in [0.1, 0.15) is 11.1 Å². The second-order valence-electron chi connectivity index (χ2n) is 5.94. The van der Waals surface area contributed by atoms with Gasteiger partial charge in [-0.3, -0.25) is 14.4 Å². The lowest BCUT2D eigenvalue weighted by molar-refractivity contribution is -0.141. The first-order chi connectivity index (χ1) is 13.9. The van der Waals surface area contributed by atoms with E-state index in [-0.39, 0.29) is 30.5 Å². The molecule has 0 fully saturated rings. The van der Waals surface area contributed by atoms with Gasteiger partial charge in [0.2, 0.25) is 11.8 Å². The van der Waals surface area contributed by atoms with Gasteiger partial charge in [-0.05, 0) is 41.5 Å². The Balaban J connectivity index is 1.87. The highest BCUT2D eigenvalue weighted by Crippen LogP contribution is 2.18. The van der Waals surface area contributed by atoms with Gasteiger partial charge in [0.15, 0.2) is 11.6 Å². The average Bonchev–Trinajstić information content (AvgIpc) is 2.72. The fourth-order valence-corrected chi connectivity index (χ4v) is 2.34. The summed E-state index contributed by atoms with van der Waals surface area (Å²) in [6, 6.07) is 11.1. The number of halogens is 1. The van der Waals surface area contributed by atoms with Crippen molar-refractivity contribution in [1.29, 1.82) is 0 Å². The number of rotatable bonds is 8. The average molecular weight is 400 g/mol. The number of esters is 1. The van der Waals surface area contributed by atoms with Crippen molar-refractivity contribution < 1.29 is 28.2 Å². The van der Waals surface area contributed by atoms with Gasteiger partial charge in [0.05, 0.1) is 20.6 Å². The van der Waals surface area contributed by atoms with Crippen LogP contribution in [0.15, 0.2) is 48.5 Å². The predicted molar refractivity (Wildman–Crippen MR) is 106 cm³/mol.